The minimum Gasteiger partial charge on any atom is -0.508 e. The van der Waals surface area contributed by atoms with Gasteiger partial charge in [0.05, 0.1) is 17.8 Å². The average molecular weight is 265 g/mol. The Hall–Kier alpha value is -2.49. The van der Waals surface area contributed by atoms with Crippen molar-refractivity contribution in [2.24, 2.45) is 0 Å². The first-order valence-corrected chi connectivity index (χ1v) is 6.81. The van der Waals surface area contributed by atoms with Crippen LogP contribution in [0.4, 0.5) is 5.69 Å². The highest BCUT2D eigenvalue weighted by Crippen LogP contribution is 2.35. The van der Waals surface area contributed by atoms with Crippen molar-refractivity contribution in [1.82, 2.24) is 10.2 Å². The van der Waals surface area contributed by atoms with Crippen LogP contribution in [0.2, 0.25) is 0 Å². The number of phenols is 1. The topological polar surface area (TPSA) is 60.9 Å². The van der Waals surface area contributed by atoms with Crippen LogP contribution in [0.5, 0.6) is 5.75 Å². The molecule has 100 valence electrons. The van der Waals surface area contributed by atoms with Crippen molar-refractivity contribution in [3.05, 3.63) is 53.7 Å². The predicted molar refractivity (Wildman–Crippen MR) is 78.9 cm³/mol. The van der Waals surface area contributed by atoms with E-state index in [0.717, 1.165) is 29.4 Å². The summed E-state index contributed by atoms with van der Waals surface area (Å²) in [6.45, 7) is 0. The lowest BCUT2D eigenvalue weighted by Gasteiger charge is -2.15. The number of aromatic amines is 1. The second-order valence-corrected chi connectivity index (χ2v) is 5.29. The van der Waals surface area contributed by atoms with Gasteiger partial charge in [0.1, 0.15) is 5.75 Å². The number of anilines is 1. The molecule has 4 heteroatoms. The van der Waals surface area contributed by atoms with Gasteiger partial charge in [0.15, 0.2) is 0 Å². The van der Waals surface area contributed by atoms with Crippen LogP contribution in [0.15, 0.2) is 42.6 Å². The normalized spacial score (nSPS) is 17.3. The third-order valence-electron chi connectivity index (χ3n) is 3.99. The van der Waals surface area contributed by atoms with E-state index < -0.39 is 0 Å². The monoisotopic (exact) mass is 265 g/mol. The van der Waals surface area contributed by atoms with E-state index in [0.29, 0.717) is 11.8 Å². The molecule has 1 atom stereocenters. The smallest absolute Gasteiger partial charge is 0.115 e. The molecule has 0 saturated heterocycles. The Morgan fingerprint density at radius 1 is 1.20 bits per heavy atom. The quantitative estimate of drug-likeness (QED) is 0.665. The fraction of sp³-hybridized carbons (Fsp3) is 0.188. The molecule has 1 unspecified atom stereocenters. The molecular weight excluding hydrogens is 250 g/mol. The van der Waals surface area contributed by atoms with Crippen LogP contribution in [0.1, 0.15) is 23.6 Å². The highest BCUT2D eigenvalue weighted by molar-refractivity contribution is 5.81. The van der Waals surface area contributed by atoms with Gasteiger partial charge in [0, 0.05) is 11.1 Å². The first kappa shape index (κ1) is 11.3. The van der Waals surface area contributed by atoms with Crippen LogP contribution < -0.4 is 5.32 Å². The Morgan fingerprint density at radius 3 is 3.10 bits per heavy atom. The number of rotatable bonds is 2. The van der Waals surface area contributed by atoms with Gasteiger partial charge in [-0.05, 0) is 54.3 Å². The largest absolute Gasteiger partial charge is 0.508 e. The average Bonchev–Trinajstić information content (AvgIpc) is 3.05. The molecule has 0 bridgehead atoms. The summed E-state index contributed by atoms with van der Waals surface area (Å²) in [4.78, 5) is 0. The Bertz CT molecular complexity index is 778. The number of aromatic nitrogens is 2. The second-order valence-electron chi connectivity index (χ2n) is 5.29. The summed E-state index contributed by atoms with van der Waals surface area (Å²) in [5.41, 5.74) is 4.66. The lowest BCUT2D eigenvalue weighted by Crippen LogP contribution is -2.06. The third kappa shape index (κ3) is 1.81. The zero-order chi connectivity index (χ0) is 13.5. The van der Waals surface area contributed by atoms with Gasteiger partial charge in [-0.3, -0.25) is 5.10 Å². The molecule has 3 aromatic rings. The first-order chi connectivity index (χ1) is 9.79. The van der Waals surface area contributed by atoms with Crippen molar-refractivity contribution in [2.75, 3.05) is 5.32 Å². The molecule has 1 aliphatic carbocycles. The first-order valence-electron chi connectivity index (χ1n) is 6.81. The molecule has 0 spiro atoms. The van der Waals surface area contributed by atoms with Gasteiger partial charge in [-0.1, -0.05) is 6.07 Å². The van der Waals surface area contributed by atoms with Crippen LogP contribution in [0.25, 0.3) is 10.9 Å². The van der Waals surface area contributed by atoms with Crippen molar-refractivity contribution in [2.45, 2.75) is 18.9 Å². The van der Waals surface area contributed by atoms with Crippen molar-refractivity contribution in [1.29, 1.82) is 0 Å². The molecule has 0 fully saturated rings. The molecule has 1 aliphatic rings. The number of aryl methyl sites for hydroxylation is 1. The number of fused-ring (bicyclic) bond motifs is 2. The SMILES string of the molecule is Oc1ccc2c(c1)CCC2Nc1ccc2cn[nH]c2c1. The molecule has 1 aromatic heterocycles. The summed E-state index contributed by atoms with van der Waals surface area (Å²) >= 11 is 0. The number of nitrogens with zero attached hydrogens (tertiary/aromatic N) is 1. The number of H-pyrrole nitrogens is 1. The molecule has 1 heterocycles. The number of nitrogens with one attached hydrogen (secondary N) is 2. The Balaban J connectivity index is 1.64. The van der Waals surface area contributed by atoms with Crippen LogP contribution in [0.3, 0.4) is 0 Å². The Kier molecular flexibility index (Phi) is 2.42. The lowest BCUT2D eigenvalue weighted by atomic mass is 10.1. The Morgan fingerprint density at radius 2 is 2.15 bits per heavy atom. The van der Waals surface area contributed by atoms with Crippen LogP contribution in [0, 0.1) is 0 Å². The van der Waals surface area contributed by atoms with E-state index in [2.05, 4.69) is 33.7 Å². The van der Waals surface area contributed by atoms with E-state index in [1.165, 1.54) is 11.1 Å². The van der Waals surface area contributed by atoms with E-state index in [1.807, 2.05) is 18.3 Å². The van der Waals surface area contributed by atoms with E-state index in [1.54, 1.807) is 6.07 Å². The molecule has 2 aromatic carbocycles. The summed E-state index contributed by atoms with van der Waals surface area (Å²) in [6, 6.07) is 12.2. The van der Waals surface area contributed by atoms with E-state index in [-0.39, 0.29) is 0 Å². The fourth-order valence-electron chi connectivity index (χ4n) is 2.98. The lowest BCUT2D eigenvalue weighted by molar-refractivity contribution is 0.474. The zero-order valence-corrected chi connectivity index (χ0v) is 10.9. The van der Waals surface area contributed by atoms with Gasteiger partial charge in [-0.25, -0.2) is 0 Å². The highest BCUT2D eigenvalue weighted by atomic mass is 16.3. The van der Waals surface area contributed by atoms with Gasteiger partial charge >= 0.3 is 0 Å². The van der Waals surface area contributed by atoms with Gasteiger partial charge in [-0.2, -0.15) is 5.10 Å². The molecular formula is C16H15N3O. The summed E-state index contributed by atoms with van der Waals surface area (Å²) in [5, 5.41) is 21.3. The van der Waals surface area contributed by atoms with Crippen LogP contribution >= 0.6 is 0 Å². The summed E-state index contributed by atoms with van der Waals surface area (Å²) in [6.07, 6.45) is 3.89. The summed E-state index contributed by atoms with van der Waals surface area (Å²) < 4.78 is 0. The number of aromatic hydroxyl groups is 1. The molecule has 0 aliphatic heterocycles. The van der Waals surface area contributed by atoms with Crippen LogP contribution in [-0.2, 0) is 6.42 Å². The molecule has 0 radical (unpaired) electrons. The van der Waals surface area contributed by atoms with E-state index in [4.69, 9.17) is 0 Å². The number of hydrogen-bond donors (Lipinski definition) is 3. The maximum absolute atomic E-state index is 9.54. The van der Waals surface area contributed by atoms with Gasteiger partial charge in [0.2, 0.25) is 0 Å². The highest BCUT2D eigenvalue weighted by Gasteiger charge is 2.22. The van der Waals surface area contributed by atoms with Crippen molar-refractivity contribution in [3.63, 3.8) is 0 Å². The zero-order valence-electron chi connectivity index (χ0n) is 10.9. The Labute approximate surface area is 116 Å². The molecule has 20 heavy (non-hydrogen) atoms. The van der Waals surface area contributed by atoms with Crippen molar-refractivity contribution >= 4 is 16.6 Å². The van der Waals surface area contributed by atoms with Crippen LogP contribution in [-0.4, -0.2) is 15.3 Å². The second kappa shape index (κ2) is 4.27. The van der Waals surface area contributed by atoms with Crippen molar-refractivity contribution in [3.8, 4) is 5.75 Å². The van der Waals surface area contributed by atoms with Gasteiger partial charge in [-0.15, -0.1) is 0 Å². The molecule has 3 N–H and O–H groups in total. The van der Waals surface area contributed by atoms with Gasteiger partial charge < -0.3 is 10.4 Å². The molecule has 0 saturated carbocycles. The third-order valence-corrected chi connectivity index (χ3v) is 3.99. The van der Waals surface area contributed by atoms with Crippen molar-refractivity contribution < 1.29 is 5.11 Å². The molecule has 0 amide bonds. The standard InChI is InChI=1S/C16H15N3O/c20-13-4-5-14-10(7-13)2-6-15(14)18-12-3-1-11-9-17-19-16(11)8-12/h1,3-5,7-9,15,18,20H,2,6H2,(H,17,19). The van der Waals surface area contributed by atoms with E-state index in [9.17, 15) is 5.11 Å². The minimum atomic E-state index is 0.311. The minimum absolute atomic E-state index is 0.311. The summed E-state index contributed by atoms with van der Waals surface area (Å²) in [5.74, 6) is 0.350. The maximum Gasteiger partial charge on any atom is 0.115 e. The summed E-state index contributed by atoms with van der Waals surface area (Å²) in [7, 11) is 0. The van der Waals surface area contributed by atoms with Gasteiger partial charge in [0.25, 0.3) is 0 Å². The fourth-order valence-corrected chi connectivity index (χ4v) is 2.98. The van der Waals surface area contributed by atoms with E-state index >= 15 is 0 Å². The maximum atomic E-state index is 9.54. The number of phenolic OH excluding ortho intramolecular Hbond substituents is 1. The number of benzene rings is 2. The number of hydrogen-bond acceptors (Lipinski definition) is 3. The molecule has 4 rings (SSSR count). The predicted octanol–water partition coefficient (Wildman–Crippen LogP) is 3.37. The molecule has 4 nitrogen and oxygen atoms in total.